The van der Waals surface area contributed by atoms with Crippen molar-refractivity contribution >= 4 is 40.0 Å². The average molecular weight is 546 g/mol. The number of aromatic amines is 1. The van der Waals surface area contributed by atoms with Gasteiger partial charge in [0.15, 0.2) is 5.82 Å². The number of methoxy groups -OCH3 is 1. The molecule has 3 heterocycles. The van der Waals surface area contributed by atoms with Gasteiger partial charge in [-0.3, -0.25) is 9.89 Å². The molecule has 10 nitrogen and oxygen atoms in total. The number of fused-ring (bicyclic) bond motifs is 1. The Labute approximate surface area is 235 Å². The van der Waals surface area contributed by atoms with Crippen molar-refractivity contribution in [1.82, 2.24) is 20.2 Å². The number of H-pyrrole nitrogens is 1. The average Bonchev–Trinajstić information content (AvgIpc) is 3.75. The van der Waals surface area contributed by atoms with Crippen molar-refractivity contribution in [3.63, 3.8) is 0 Å². The molecule has 0 atom stereocenters. The maximum absolute atomic E-state index is 11.4. The van der Waals surface area contributed by atoms with Crippen LogP contribution >= 0.6 is 0 Å². The van der Waals surface area contributed by atoms with Crippen LogP contribution in [0.15, 0.2) is 54.6 Å². The number of anilines is 4. The van der Waals surface area contributed by atoms with Gasteiger partial charge in [0.2, 0.25) is 5.91 Å². The molecule has 4 N–H and O–H groups in total. The van der Waals surface area contributed by atoms with Gasteiger partial charge in [0.05, 0.1) is 18.7 Å². The highest BCUT2D eigenvalue weighted by molar-refractivity contribution is 5.94. The third-order valence-corrected chi connectivity index (χ3v) is 6.46. The molecule has 0 radical (unpaired) electrons. The van der Waals surface area contributed by atoms with Gasteiger partial charge in [0, 0.05) is 42.1 Å². The number of aliphatic hydroxyl groups is 1. The molecule has 1 amide bonds. The monoisotopic (exact) mass is 545 g/mol. The van der Waals surface area contributed by atoms with Crippen LogP contribution in [0.1, 0.15) is 52.3 Å². The lowest BCUT2D eigenvalue weighted by Crippen LogP contribution is -2.51. The number of nitrogens with one attached hydrogen (secondary N) is 3. The molecule has 0 bridgehead atoms. The fraction of sp³-hybridized carbons (Fsp3) is 0.400. The molecule has 0 spiro atoms. The number of para-hydroxylation sites is 1. The van der Waals surface area contributed by atoms with E-state index in [2.05, 4.69) is 44.6 Å². The molecule has 1 aliphatic heterocycles. The van der Waals surface area contributed by atoms with Crippen molar-refractivity contribution in [3.8, 4) is 5.75 Å². The van der Waals surface area contributed by atoms with Gasteiger partial charge in [-0.25, -0.2) is 9.97 Å². The van der Waals surface area contributed by atoms with Crippen molar-refractivity contribution in [2.45, 2.75) is 52.6 Å². The maximum atomic E-state index is 11.4. The van der Waals surface area contributed by atoms with Crippen LogP contribution in [0.3, 0.4) is 0 Å². The summed E-state index contributed by atoms with van der Waals surface area (Å²) in [5, 5.41) is 24.1. The van der Waals surface area contributed by atoms with Crippen molar-refractivity contribution in [1.29, 1.82) is 0 Å². The summed E-state index contributed by atoms with van der Waals surface area (Å²) in [5.74, 6) is 4.46. The molecule has 40 heavy (non-hydrogen) atoms. The van der Waals surface area contributed by atoms with E-state index in [0.29, 0.717) is 18.9 Å². The Morgan fingerprint density at radius 3 is 2.40 bits per heavy atom. The first-order chi connectivity index (χ1) is 19.4. The highest BCUT2D eigenvalue weighted by Gasteiger charge is 2.29. The van der Waals surface area contributed by atoms with E-state index in [4.69, 9.17) is 4.74 Å². The normalized spacial score (nSPS) is 14.4. The Hall–Kier alpha value is -4.18. The third kappa shape index (κ3) is 7.26. The van der Waals surface area contributed by atoms with Gasteiger partial charge in [0.1, 0.15) is 23.2 Å². The van der Waals surface area contributed by atoms with Crippen LogP contribution in [0.25, 0.3) is 10.9 Å². The Kier molecular flexibility index (Phi) is 9.55. The van der Waals surface area contributed by atoms with Crippen molar-refractivity contribution < 1.29 is 14.6 Å². The van der Waals surface area contributed by atoms with Crippen molar-refractivity contribution in [2.24, 2.45) is 5.92 Å². The van der Waals surface area contributed by atoms with E-state index in [0.717, 1.165) is 52.6 Å². The summed E-state index contributed by atoms with van der Waals surface area (Å²) in [6.07, 6.45) is 1.79. The predicted octanol–water partition coefficient (Wildman–Crippen LogP) is 5.47. The van der Waals surface area contributed by atoms with Gasteiger partial charge >= 0.3 is 0 Å². The second-order valence-electron chi connectivity index (χ2n) is 9.92. The molecule has 2 aromatic carbocycles. The lowest BCUT2D eigenvalue weighted by atomic mass is 10.1. The number of amides is 1. The Balaban J connectivity index is 0.000000197. The van der Waals surface area contributed by atoms with Gasteiger partial charge in [-0.1, -0.05) is 39.8 Å². The number of rotatable bonds is 7. The van der Waals surface area contributed by atoms with E-state index in [1.807, 2.05) is 73.3 Å². The van der Waals surface area contributed by atoms with Crippen molar-refractivity contribution in [3.05, 3.63) is 60.4 Å². The van der Waals surface area contributed by atoms with Crippen LogP contribution in [-0.4, -0.2) is 57.5 Å². The third-order valence-electron chi connectivity index (χ3n) is 6.46. The minimum atomic E-state index is -0.269. The topological polar surface area (TPSA) is 128 Å². The number of nitrogens with zero attached hydrogens (tertiary/aromatic N) is 4. The maximum Gasteiger partial charge on any atom is 0.227 e. The Morgan fingerprint density at radius 2 is 1.77 bits per heavy atom. The number of aliphatic hydroxyl groups excluding tert-OH is 1. The first-order valence-electron chi connectivity index (χ1n) is 13.9. The first kappa shape index (κ1) is 28.8. The lowest BCUT2D eigenvalue weighted by Gasteiger charge is -2.37. The van der Waals surface area contributed by atoms with Crippen LogP contribution in [0.4, 0.5) is 23.1 Å². The van der Waals surface area contributed by atoms with Crippen LogP contribution in [0, 0.1) is 5.92 Å². The molecular weight excluding hydrogens is 506 g/mol. The lowest BCUT2D eigenvalue weighted by molar-refractivity contribution is -0.117. The molecular formula is C30H39N7O3. The predicted molar refractivity (Wildman–Crippen MR) is 159 cm³/mol. The van der Waals surface area contributed by atoms with Gasteiger partial charge in [-0.2, -0.15) is 5.10 Å². The fourth-order valence-electron chi connectivity index (χ4n) is 4.02. The Bertz CT molecular complexity index is 1390. The Morgan fingerprint density at radius 1 is 1.07 bits per heavy atom. The van der Waals surface area contributed by atoms with Gasteiger partial charge in [-0.15, -0.1) is 0 Å². The molecule has 1 aliphatic carbocycles. The molecule has 212 valence electrons. The minimum Gasteiger partial charge on any atom is -0.497 e. The summed E-state index contributed by atoms with van der Waals surface area (Å²) in [6.45, 7) is 9.36. The standard InChI is InChI=1S/C17H20N6O.C11H13NO2.C2H6/c1-10(2)16-18-14(7-15(20-16)23-8-11(24)9-23)19-17-12-5-3-4-6-13(12)21-22-17;1-14-10-6-4-9(5-7-10)12-11(13)8-2-3-8;1-2/h3-7,10-11,24H,8-9H2,1-2H3,(H2,18,19,20,21,22);4-8H,2-3H2,1H3,(H,12,13);1-2H3. The number of benzene rings is 2. The quantitative estimate of drug-likeness (QED) is 0.241. The SMILES string of the molecule is CC.CC(C)c1nc(Nc2n[nH]c3ccccc23)cc(N2CC(O)C2)n1.COc1ccc(NC(=O)C2CC2)cc1. The van der Waals surface area contributed by atoms with E-state index in [-0.39, 0.29) is 23.8 Å². The molecule has 0 unspecified atom stereocenters. The number of ether oxygens (including phenoxy) is 1. The summed E-state index contributed by atoms with van der Waals surface area (Å²) in [7, 11) is 1.62. The number of carbonyl (C=O) groups is 1. The first-order valence-corrected chi connectivity index (χ1v) is 13.9. The molecule has 10 heteroatoms. The summed E-state index contributed by atoms with van der Waals surface area (Å²) < 4.78 is 5.02. The second kappa shape index (κ2) is 13.3. The van der Waals surface area contributed by atoms with E-state index in [1.165, 1.54) is 0 Å². The number of β-amino-alcohol motifs (C(OH)–C–C–N with tert-alkyl or cyclic N) is 1. The largest absolute Gasteiger partial charge is 0.497 e. The second-order valence-corrected chi connectivity index (χ2v) is 9.92. The van der Waals surface area contributed by atoms with Crippen LogP contribution < -0.4 is 20.3 Å². The van der Waals surface area contributed by atoms with Gasteiger partial charge < -0.3 is 25.4 Å². The van der Waals surface area contributed by atoms with Crippen LogP contribution in [-0.2, 0) is 4.79 Å². The fourth-order valence-corrected chi connectivity index (χ4v) is 4.02. The summed E-state index contributed by atoms with van der Waals surface area (Å²) >= 11 is 0. The smallest absolute Gasteiger partial charge is 0.227 e. The molecule has 4 aromatic rings. The van der Waals surface area contributed by atoms with E-state index in [9.17, 15) is 9.90 Å². The molecule has 6 rings (SSSR count). The van der Waals surface area contributed by atoms with E-state index in [1.54, 1.807) is 7.11 Å². The van der Waals surface area contributed by atoms with E-state index < -0.39 is 0 Å². The summed E-state index contributed by atoms with van der Waals surface area (Å²) in [6, 6.07) is 17.2. The molecule has 1 saturated heterocycles. The number of hydrogen-bond acceptors (Lipinski definition) is 8. The zero-order valence-corrected chi connectivity index (χ0v) is 23.8. The highest BCUT2D eigenvalue weighted by Crippen LogP contribution is 2.30. The summed E-state index contributed by atoms with van der Waals surface area (Å²) in [5.41, 5.74) is 1.81. The van der Waals surface area contributed by atoms with Crippen LogP contribution in [0.2, 0.25) is 0 Å². The molecule has 2 aliphatic rings. The zero-order chi connectivity index (χ0) is 28.6. The molecule has 2 aromatic heterocycles. The van der Waals surface area contributed by atoms with E-state index >= 15 is 0 Å². The number of carbonyl (C=O) groups excluding carboxylic acids is 1. The summed E-state index contributed by atoms with van der Waals surface area (Å²) in [4.78, 5) is 22.7. The van der Waals surface area contributed by atoms with Crippen molar-refractivity contribution in [2.75, 3.05) is 35.7 Å². The zero-order valence-electron chi connectivity index (χ0n) is 23.8. The van der Waals surface area contributed by atoms with Gasteiger partial charge in [0.25, 0.3) is 0 Å². The highest BCUT2D eigenvalue weighted by atomic mass is 16.5. The molecule has 2 fully saturated rings. The number of aromatic nitrogens is 4. The van der Waals surface area contributed by atoms with Gasteiger partial charge in [-0.05, 0) is 49.2 Å². The minimum absolute atomic E-state index is 0.134. The number of hydrogen-bond donors (Lipinski definition) is 4. The van der Waals surface area contributed by atoms with Crippen LogP contribution in [0.5, 0.6) is 5.75 Å². The molecule has 1 saturated carbocycles.